The first kappa shape index (κ1) is 12.5. The van der Waals surface area contributed by atoms with E-state index in [0.29, 0.717) is 0 Å². The van der Waals surface area contributed by atoms with E-state index in [1.165, 1.54) is 5.56 Å². The highest BCUT2D eigenvalue weighted by atomic mass is 16.5. The standard InChI is InChI=1S/C13H20N2O2/c1-10-11(4-3-5-14-10)7-15-8-13(17-2)6-12(15)9-16/h3-5,12-13,16H,6-9H2,1-2H3/t12-,13-/m0/s1. The van der Waals surface area contributed by atoms with E-state index in [4.69, 9.17) is 4.74 Å². The summed E-state index contributed by atoms with van der Waals surface area (Å²) in [6, 6.07) is 4.26. The van der Waals surface area contributed by atoms with Gasteiger partial charge in [0.15, 0.2) is 0 Å². The number of pyridine rings is 1. The molecule has 1 N–H and O–H groups in total. The Morgan fingerprint density at radius 3 is 3.06 bits per heavy atom. The Hall–Kier alpha value is -0.970. The number of nitrogens with zero attached hydrogens (tertiary/aromatic N) is 2. The molecule has 2 rings (SSSR count). The van der Waals surface area contributed by atoms with Crippen molar-refractivity contribution >= 4 is 0 Å². The summed E-state index contributed by atoms with van der Waals surface area (Å²) in [7, 11) is 1.73. The highest BCUT2D eigenvalue weighted by Crippen LogP contribution is 2.22. The quantitative estimate of drug-likeness (QED) is 0.846. The zero-order valence-corrected chi connectivity index (χ0v) is 10.5. The Bertz CT molecular complexity index is 370. The second-order valence-electron chi connectivity index (χ2n) is 4.61. The zero-order chi connectivity index (χ0) is 12.3. The van der Waals surface area contributed by atoms with E-state index < -0.39 is 0 Å². The van der Waals surface area contributed by atoms with Crippen molar-refractivity contribution in [1.29, 1.82) is 0 Å². The molecule has 4 heteroatoms. The third-order valence-electron chi connectivity index (χ3n) is 3.52. The number of ether oxygens (including phenoxy) is 1. The Kier molecular flexibility index (Phi) is 4.10. The van der Waals surface area contributed by atoms with Crippen LogP contribution in [0.3, 0.4) is 0 Å². The van der Waals surface area contributed by atoms with Crippen molar-refractivity contribution in [3.63, 3.8) is 0 Å². The predicted molar refractivity (Wildman–Crippen MR) is 65.7 cm³/mol. The summed E-state index contributed by atoms with van der Waals surface area (Å²) in [6.07, 6.45) is 2.96. The zero-order valence-electron chi connectivity index (χ0n) is 10.5. The summed E-state index contributed by atoms with van der Waals surface area (Å²) in [5.74, 6) is 0. The van der Waals surface area contributed by atoms with Crippen molar-refractivity contribution < 1.29 is 9.84 Å². The highest BCUT2D eigenvalue weighted by Gasteiger charge is 2.31. The third kappa shape index (κ3) is 2.83. The molecule has 17 heavy (non-hydrogen) atoms. The van der Waals surface area contributed by atoms with Gasteiger partial charge in [-0.25, -0.2) is 0 Å². The second kappa shape index (κ2) is 5.58. The predicted octanol–water partition coefficient (Wildman–Crippen LogP) is 0.972. The summed E-state index contributed by atoms with van der Waals surface area (Å²) in [6.45, 7) is 3.94. The fourth-order valence-electron chi connectivity index (χ4n) is 2.40. The van der Waals surface area contributed by atoms with Crippen molar-refractivity contribution in [2.24, 2.45) is 0 Å². The van der Waals surface area contributed by atoms with Crippen molar-refractivity contribution in [3.05, 3.63) is 29.6 Å². The Balaban J connectivity index is 2.05. The van der Waals surface area contributed by atoms with Crippen LogP contribution in [0.4, 0.5) is 0 Å². The SMILES string of the molecule is CO[C@H]1C[C@@H](CO)N(Cc2cccnc2C)C1. The molecule has 2 heterocycles. The fourth-order valence-corrected chi connectivity index (χ4v) is 2.40. The van der Waals surface area contributed by atoms with Gasteiger partial charge in [0.05, 0.1) is 12.7 Å². The molecule has 0 unspecified atom stereocenters. The molecule has 1 aliphatic rings. The maximum Gasteiger partial charge on any atom is 0.0714 e. The first-order valence-corrected chi connectivity index (χ1v) is 6.02. The molecule has 1 aromatic heterocycles. The fraction of sp³-hybridized carbons (Fsp3) is 0.615. The molecular formula is C13H20N2O2. The van der Waals surface area contributed by atoms with Gasteiger partial charge in [-0.1, -0.05) is 6.07 Å². The molecule has 0 aromatic carbocycles. The lowest BCUT2D eigenvalue weighted by molar-refractivity contribution is 0.107. The van der Waals surface area contributed by atoms with Crippen molar-refractivity contribution in [2.75, 3.05) is 20.3 Å². The average Bonchev–Trinajstić information content (AvgIpc) is 2.74. The van der Waals surface area contributed by atoms with Gasteiger partial charge < -0.3 is 9.84 Å². The maximum absolute atomic E-state index is 9.38. The maximum atomic E-state index is 9.38. The van der Waals surface area contributed by atoms with Crippen LogP contribution >= 0.6 is 0 Å². The van der Waals surface area contributed by atoms with E-state index in [9.17, 15) is 5.11 Å². The van der Waals surface area contributed by atoms with Crippen LogP contribution in [0.15, 0.2) is 18.3 Å². The summed E-state index contributed by atoms with van der Waals surface area (Å²) < 4.78 is 5.37. The average molecular weight is 236 g/mol. The van der Waals surface area contributed by atoms with Crippen LogP contribution in [0.5, 0.6) is 0 Å². The molecule has 0 radical (unpaired) electrons. The number of aryl methyl sites for hydroxylation is 1. The first-order valence-electron chi connectivity index (χ1n) is 6.02. The van der Waals surface area contributed by atoms with Gasteiger partial charge >= 0.3 is 0 Å². The Morgan fingerprint density at radius 2 is 2.41 bits per heavy atom. The van der Waals surface area contributed by atoms with Crippen LogP contribution in [-0.4, -0.2) is 47.4 Å². The van der Waals surface area contributed by atoms with E-state index in [-0.39, 0.29) is 18.8 Å². The van der Waals surface area contributed by atoms with Gasteiger partial charge in [-0.2, -0.15) is 0 Å². The molecule has 1 aliphatic heterocycles. The normalized spacial score (nSPS) is 25.4. The molecule has 2 atom stereocenters. The van der Waals surface area contributed by atoms with Crippen LogP contribution in [-0.2, 0) is 11.3 Å². The van der Waals surface area contributed by atoms with Crippen molar-refractivity contribution in [1.82, 2.24) is 9.88 Å². The Labute approximate surface area is 102 Å². The highest BCUT2D eigenvalue weighted by molar-refractivity contribution is 5.18. The minimum atomic E-state index is 0.194. The number of hydrogen-bond donors (Lipinski definition) is 1. The molecule has 0 bridgehead atoms. The van der Waals surface area contributed by atoms with E-state index in [1.807, 2.05) is 19.2 Å². The molecular weight excluding hydrogens is 216 g/mol. The minimum absolute atomic E-state index is 0.194. The van der Waals surface area contributed by atoms with Gasteiger partial charge in [-0.3, -0.25) is 9.88 Å². The third-order valence-corrected chi connectivity index (χ3v) is 3.52. The van der Waals surface area contributed by atoms with E-state index >= 15 is 0 Å². The van der Waals surface area contributed by atoms with E-state index in [1.54, 1.807) is 7.11 Å². The molecule has 0 amide bonds. The molecule has 1 aromatic rings. The minimum Gasteiger partial charge on any atom is -0.395 e. The number of hydrogen-bond acceptors (Lipinski definition) is 4. The topological polar surface area (TPSA) is 45.6 Å². The molecule has 4 nitrogen and oxygen atoms in total. The lowest BCUT2D eigenvalue weighted by Crippen LogP contribution is -2.32. The number of likely N-dealkylation sites (tertiary alicyclic amines) is 1. The van der Waals surface area contributed by atoms with Gasteiger partial charge in [-0.15, -0.1) is 0 Å². The first-order chi connectivity index (χ1) is 8.24. The second-order valence-corrected chi connectivity index (χ2v) is 4.61. The number of aliphatic hydroxyl groups is 1. The summed E-state index contributed by atoms with van der Waals surface area (Å²) in [4.78, 5) is 6.57. The van der Waals surface area contributed by atoms with Crippen LogP contribution in [0.1, 0.15) is 17.7 Å². The smallest absolute Gasteiger partial charge is 0.0714 e. The van der Waals surface area contributed by atoms with Gasteiger partial charge in [0, 0.05) is 38.1 Å². The number of aromatic nitrogens is 1. The largest absolute Gasteiger partial charge is 0.395 e. The summed E-state index contributed by atoms with van der Waals surface area (Å²) >= 11 is 0. The number of rotatable bonds is 4. The molecule has 0 spiro atoms. The molecule has 94 valence electrons. The molecule has 1 fully saturated rings. The van der Waals surface area contributed by atoms with Crippen LogP contribution in [0, 0.1) is 6.92 Å². The molecule has 0 aliphatic carbocycles. The number of methoxy groups -OCH3 is 1. The van der Waals surface area contributed by atoms with Gasteiger partial charge in [0.25, 0.3) is 0 Å². The molecule has 1 saturated heterocycles. The lowest BCUT2D eigenvalue weighted by atomic mass is 10.1. The monoisotopic (exact) mass is 236 g/mol. The van der Waals surface area contributed by atoms with E-state index in [2.05, 4.69) is 16.0 Å². The molecule has 0 saturated carbocycles. The van der Waals surface area contributed by atoms with Crippen molar-refractivity contribution in [2.45, 2.75) is 32.0 Å². The van der Waals surface area contributed by atoms with Crippen molar-refractivity contribution in [3.8, 4) is 0 Å². The summed E-state index contributed by atoms with van der Waals surface area (Å²) in [5.41, 5.74) is 2.28. The van der Waals surface area contributed by atoms with Gasteiger partial charge in [-0.05, 0) is 25.0 Å². The van der Waals surface area contributed by atoms with Crippen LogP contribution in [0.25, 0.3) is 0 Å². The Morgan fingerprint density at radius 1 is 1.59 bits per heavy atom. The van der Waals surface area contributed by atoms with Gasteiger partial charge in [0.2, 0.25) is 0 Å². The van der Waals surface area contributed by atoms with Gasteiger partial charge in [0.1, 0.15) is 0 Å². The van der Waals surface area contributed by atoms with Crippen LogP contribution < -0.4 is 0 Å². The van der Waals surface area contributed by atoms with Crippen LogP contribution in [0.2, 0.25) is 0 Å². The lowest BCUT2D eigenvalue weighted by Gasteiger charge is -2.22. The van der Waals surface area contributed by atoms with E-state index in [0.717, 1.165) is 25.2 Å². The summed E-state index contributed by atoms with van der Waals surface area (Å²) in [5, 5.41) is 9.38. The number of aliphatic hydroxyl groups excluding tert-OH is 1.